The summed E-state index contributed by atoms with van der Waals surface area (Å²) >= 11 is 5.90. The largest absolute Gasteiger partial charge is 0.245 e. The van der Waals surface area contributed by atoms with Crippen molar-refractivity contribution >= 4 is 22.6 Å². The number of pyridine rings is 1. The molecule has 0 N–H and O–H groups in total. The molecule has 2 aromatic rings. The van der Waals surface area contributed by atoms with Gasteiger partial charge < -0.3 is 0 Å². The minimum atomic E-state index is 0.319. The van der Waals surface area contributed by atoms with Gasteiger partial charge in [-0.1, -0.05) is 0 Å². The van der Waals surface area contributed by atoms with Crippen LogP contribution in [0.2, 0.25) is 0 Å². The van der Waals surface area contributed by atoms with Gasteiger partial charge in [0.05, 0.1) is 6.20 Å². The first-order valence-electron chi connectivity index (χ1n) is 5.03. The van der Waals surface area contributed by atoms with Crippen molar-refractivity contribution in [1.82, 2.24) is 14.8 Å². The zero-order chi connectivity index (χ0) is 11.0. The molecule has 2 rings (SSSR count). The van der Waals surface area contributed by atoms with E-state index < -0.39 is 0 Å². The monoisotopic (exact) mass is 223 g/mol. The summed E-state index contributed by atoms with van der Waals surface area (Å²) in [6.07, 6.45) is 1.85. The van der Waals surface area contributed by atoms with E-state index in [-0.39, 0.29) is 0 Å². The summed E-state index contributed by atoms with van der Waals surface area (Å²) in [4.78, 5) is 4.51. The average molecular weight is 224 g/mol. The zero-order valence-corrected chi connectivity index (χ0v) is 9.91. The van der Waals surface area contributed by atoms with Crippen LogP contribution in [0, 0.1) is 6.92 Å². The fourth-order valence-corrected chi connectivity index (χ4v) is 1.93. The van der Waals surface area contributed by atoms with Gasteiger partial charge in [-0.05, 0) is 32.4 Å². The van der Waals surface area contributed by atoms with Gasteiger partial charge >= 0.3 is 0 Å². The van der Waals surface area contributed by atoms with Crippen molar-refractivity contribution in [2.45, 2.75) is 32.7 Å². The lowest BCUT2D eigenvalue weighted by molar-refractivity contribution is 0.546. The van der Waals surface area contributed by atoms with Gasteiger partial charge in [0.2, 0.25) is 0 Å². The number of hydrogen-bond acceptors (Lipinski definition) is 2. The molecule has 0 spiro atoms. The molecule has 0 fully saturated rings. The van der Waals surface area contributed by atoms with Crippen molar-refractivity contribution in [3.8, 4) is 0 Å². The van der Waals surface area contributed by atoms with Gasteiger partial charge in [-0.25, -0.2) is 9.67 Å². The molecule has 3 nitrogen and oxygen atoms in total. The molecule has 0 saturated carbocycles. The molecule has 0 unspecified atom stereocenters. The summed E-state index contributed by atoms with van der Waals surface area (Å²) in [5, 5.41) is 5.40. The summed E-state index contributed by atoms with van der Waals surface area (Å²) in [6, 6.07) is 2.33. The third-order valence-electron chi connectivity index (χ3n) is 2.41. The summed E-state index contributed by atoms with van der Waals surface area (Å²) < 4.78 is 1.93. The van der Waals surface area contributed by atoms with E-state index in [0.29, 0.717) is 11.9 Å². The maximum atomic E-state index is 5.90. The molecule has 0 saturated heterocycles. The molecule has 0 atom stereocenters. The van der Waals surface area contributed by atoms with E-state index in [1.54, 1.807) is 0 Å². The van der Waals surface area contributed by atoms with Gasteiger partial charge in [-0.3, -0.25) is 0 Å². The van der Waals surface area contributed by atoms with Crippen LogP contribution in [0.5, 0.6) is 0 Å². The molecule has 0 aromatic carbocycles. The minimum Gasteiger partial charge on any atom is -0.245 e. The second kappa shape index (κ2) is 3.81. The molecule has 2 heterocycles. The predicted octanol–water partition coefficient (Wildman–Crippen LogP) is 3.06. The van der Waals surface area contributed by atoms with E-state index in [0.717, 1.165) is 22.3 Å². The van der Waals surface area contributed by atoms with Crippen LogP contribution in [0.15, 0.2) is 12.3 Å². The van der Waals surface area contributed by atoms with Gasteiger partial charge in [0, 0.05) is 23.0 Å². The van der Waals surface area contributed by atoms with Crippen LogP contribution in [0.4, 0.5) is 0 Å². The molecular formula is C11H14ClN3. The Kier molecular flexibility index (Phi) is 2.65. The fraction of sp³-hybridized carbons (Fsp3) is 0.455. The molecule has 80 valence electrons. The predicted molar refractivity (Wildman–Crippen MR) is 62.2 cm³/mol. The van der Waals surface area contributed by atoms with Crippen molar-refractivity contribution in [2.24, 2.45) is 0 Å². The maximum Gasteiger partial charge on any atom is 0.158 e. The zero-order valence-electron chi connectivity index (χ0n) is 9.16. The van der Waals surface area contributed by atoms with Crippen molar-refractivity contribution in [2.75, 3.05) is 0 Å². The van der Waals surface area contributed by atoms with E-state index >= 15 is 0 Å². The van der Waals surface area contributed by atoms with E-state index in [9.17, 15) is 0 Å². The Morgan fingerprint density at radius 1 is 1.47 bits per heavy atom. The van der Waals surface area contributed by atoms with Gasteiger partial charge in [0.15, 0.2) is 5.65 Å². The van der Waals surface area contributed by atoms with Gasteiger partial charge in [0.25, 0.3) is 0 Å². The Morgan fingerprint density at radius 3 is 2.80 bits per heavy atom. The van der Waals surface area contributed by atoms with Crippen LogP contribution in [0.25, 0.3) is 11.0 Å². The van der Waals surface area contributed by atoms with Crippen LogP contribution in [-0.2, 0) is 5.88 Å². The first kappa shape index (κ1) is 10.4. The van der Waals surface area contributed by atoms with Crippen molar-refractivity contribution in [1.29, 1.82) is 0 Å². The fourth-order valence-electron chi connectivity index (χ4n) is 1.71. The highest BCUT2D eigenvalue weighted by Gasteiger charge is 2.10. The van der Waals surface area contributed by atoms with E-state index in [4.69, 9.17) is 11.6 Å². The maximum absolute atomic E-state index is 5.90. The lowest BCUT2D eigenvalue weighted by Crippen LogP contribution is -2.04. The molecule has 0 aliphatic heterocycles. The third kappa shape index (κ3) is 1.72. The Balaban J connectivity index is 2.75. The lowest BCUT2D eigenvalue weighted by atomic mass is 10.2. The molecule has 4 heteroatoms. The van der Waals surface area contributed by atoms with Crippen molar-refractivity contribution in [3.63, 3.8) is 0 Å². The van der Waals surface area contributed by atoms with Crippen LogP contribution in [0.1, 0.15) is 31.1 Å². The SMILES string of the molecule is Cc1cc(CCl)c2cnn(C(C)C)c2n1. The first-order valence-corrected chi connectivity index (χ1v) is 5.56. The second-order valence-electron chi connectivity index (χ2n) is 3.98. The standard InChI is InChI=1S/C11H14ClN3/c1-7(2)15-11-10(6-13-15)9(5-12)4-8(3)14-11/h4,6-7H,5H2,1-3H3. The van der Waals surface area contributed by atoms with Gasteiger partial charge in [-0.15, -0.1) is 11.6 Å². The number of aryl methyl sites for hydroxylation is 1. The number of nitrogens with zero attached hydrogens (tertiary/aromatic N) is 3. The van der Waals surface area contributed by atoms with Crippen LogP contribution >= 0.6 is 11.6 Å². The number of rotatable bonds is 2. The Morgan fingerprint density at radius 2 is 2.20 bits per heavy atom. The van der Waals surface area contributed by atoms with Crippen molar-refractivity contribution in [3.05, 3.63) is 23.5 Å². The van der Waals surface area contributed by atoms with Gasteiger partial charge in [-0.2, -0.15) is 5.10 Å². The number of aromatic nitrogens is 3. The Labute approximate surface area is 94.1 Å². The quantitative estimate of drug-likeness (QED) is 0.733. The molecular weight excluding hydrogens is 210 g/mol. The molecule has 2 aromatic heterocycles. The molecule has 0 radical (unpaired) electrons. The summed E-state index contributed by atoms with van der Waals surface area (Å²) in [6.45, 7) is 6.17. The van der Waals surface area contributed by atoms with Crippen LogP contribution in [-0.4, -0.2) is 14.8 Å². The Hall–Kier alpha value is -1.09. The molecule has 0 bridgehead atoms. The molecule has 15 heavy (non-hydrogen) atoms. The van der Waals surface area contributed by atoms with E-state index in [1.165, 1.54) is 0 Å². The summed E-state index contributed by atoms with van der Waals surface area (Å²) in [5.41, 5.74) is 3.02. The number of hydrogen-bond donors (Lipinski definition) is 0. The van der Waals surface area contributed by atoms with Crippen LogP contribution < -0.4 is 0 Å². The normalized spacial score (nSPS) is 11.5. The number of halogens is 1. The summed E-state index contributed by atoms with van der Waals surface area (Å²) in [7, 11) is 0. The van der Waals surface area contributed by atoms with E-state index in [1.807, 2.05) is 23.9 Å². The first-order chi connectivity index (χ1) is 7.13. The summed E-state index contributed by atoms with van der Waals surface area (Å²) in [5.74, 6) is 0.504. The van der Waals surface area contributed by atoms with Crippen molar-refractivity contribution < 1.29 is 0 Å². The van der Waals surface area contributed by atoms with Gasteiger partial charge in [0.1, 0.15) is 0 Å². The molecule has 0 aliphatic rings. The third-order valence-corrected chi connectivity index (χ3v) is 2.70. The highest BCUT2D eigenvalue weighted by molar-refractivity contribution is 6.17. The highest BCUT2D eigenvalue weighted by Crippen LogP contribution is 2.21. The Bertz CT molecular complexity index is 488. The van der Waals surface area contributed by atoms with Crippen LogP contribution in [0.3, 0.4) is 0 Å². The minimum absolute atomic E-state index is 0.319. The smallest absolute Gasteiger partial charge is 0.158 e. The molecule has 0 aliphatic carbocycles. The average Bonchev–Trinajstić information content (AvgIpc) is 2.59. The second-order valence-corrected chi connectivity index (χ2v) is 4.24. The highest BCUT2D eigenvalue weighted by atomic mass is 35.5. The number of alkyl halides is 1. The number of fused-ring (bicyclic) bond motifs is 1. The van der Waals surface area contributed by atoms with E-state index in [2.05, 4.69) is 23.9 Å². The topological polar surface area (TPSA) is 30.7 Å². The lowest BCUT2D eigenvalue weighted by Gasteiger charge is -2.07. The molecule has 0 amide bonds.